The van der Waals surface area contributed by atoms with E-state index in [0.717, 1.165) is 12.8 Å². The summed E-state index contributed by atoms with van der Waals surface area (Å²) in [5.41, 5.74) is -0.696. The molecule has 0 saturated heterocycles. The highest BCUT2D eigenvalue weighted by Crippen LogP contribution is 2.36. The number of aromatic nitrogens is 2. The third kappa shape index (κ3) is 4.96. The molecule has 1 aliphatic carbocycles. The summed E-state index contributed by atoms with van der Waals surface area (Å²) in [5, 5.41) is 12.2. The largest absolute Gasteiger partial charge is 0.471 e. The van der Waals surface area contributed by atoms with Gasteiger partial charge in [-0.15, -0.1) is 0 Å². The van der Waals surface area contributed by atoms with Gasteiger partial charge in [-0.1, -0.05) is 0 Å². The van der Waals surface area contributed by atoms with Crippen LogP contribution in [-0.4, -0.2) is 36.7 Å². The molecule has 0 amide bonds. The number of benzene rings is 1. The summed E-state index contributed by atoms with van der Waals surface area (Å²) in [4.78, 5) is 7.89. The molecule has 1 aromatic carbocycles. The molecule has 3 atom stereocenters. The van der Waals surface area contributed by atoms with Crippen molar-refractivity contribution in [2.75, 3.05) is 5.32 Å². The van der Waals surface area contributed by atoms with Gasteiger partial charge in [0.15, 0.2) is 0 Å². The standard InChI is InChI=1S/C18H21F3N4O3S/c1-10(26)11(2)28-16-15(18(19,20)21)9-23-17(25-16)24-12-3-5-13(6-4-12)29(22,27)14-7-8-14/h3-6,9-11,14,22,26H,7-8H2,1-2H3,(H,23,24,25)/t10-,11-,29?/m0/s1. The van der Waals surface area contributed by atoms with E-state index in [1.165, 1.54) is 13.8 Å². The van der Waals surface area contributed by atoms with Crippen LogP contribution in [0, 0.1) is 4.78 Å². The molecule has 0 aliphatic heterocycles. The Hall–Kier alpha value is -2.40. The maximum Gasteiger partial charge on any atom is 0.423 e. The van der Waals surface area contributed by atoms with Crippen molar-refractivity contribution < 1.29 is 27.2 Å². The van der Waals surface area contributed by atoms with Crippen LogP contribution in [0.25, 0.3) is 0 Å². The molecule has 1 aromatic heterocycles. The van der Waals surface area contributed by atoms with E-state index in [2.05, 4.69) is 15.3 Å². The molecule has 1 saturated carbocycles. The Labute approximate surface area is 166 Å². The maximum absolute atomic E-state index is 13.2. The van der Waals surface area contributed by atoms with Crippen molar-refractivity contribution in [3.05, 3.63) is 36.0 Å². The number of aliphatic hydroxyl groups is 1. The summed E-state index contributed by atoms with van der Waals surface area (Å²) in [6, 6.07) is 6.22. The van der Waals surface area contributed by atoms with E-state index in [4.69, 9.17) is 9.52 Å². The van der Waals surface area contributed by atoms with Gasteiger partial charge in [0.2, 0.25) is 11.8 Å². The molecule has 1 heterocycles. The second-order valence-electron chi connectivity index (χ2n) is 6.92. The number of alkyl halides is 3. The van der Waals surface area contributed by atoms with E-state index in [1.807, 2.05) is 0 Å². The Kier molecular flexibility index (Phi) is 5.72. The number of nitrogens with zero attached hydrogens (tertiary/aromatic N) is 2. The lowest BCUT2D eigenvalue weighted by atomic mass is 10.2. The number of nitrogens with one attached hydrogen (secondary N) is 2. The fraction of sp³-hybridized carbons (Fsp3) is 0.444. The summed E-state index contributed by atoms with van der Waals surface area (Å²) in [7, 11) is -2.83. The fourth-order valence-corrected chi connectivity index (χ4v) is 4.17. The van der Waals surface area contributed by atoms with Gasteiger partial charge in [-0.2, -0.15) is 18.2 Å². The molecule has 3 N–H and O–H groups in total. The topological polar surface area (TPSA) is 108 Å². The van der Waals surface area contributed by atoms with Gasteiger partial charge >= 0.3 is 6.18 Å². The molecule has 7 nitrogen and oxygen atoms in total. The summed E-state index contributed by atoms with van der Waals surface area (Å²) < 4.78 is 65.2. The van der Waals surface area contributed by atoms with E-state index < -0.39 is 39.6 Å². The first-order valence-corrected chi connectivity index (χ1v) is 10.5. The summed E-state index contributed by atoms with van der Waals surface area (Å²) in [6.45, 7) is 2.82. The van der Waals surface area contributed by atoms with Crippen LogP contribution >= 0.6 is 0 Å². The maximum atomic E-state index is 13.2. The van der Waals surface area contributed by atoms with Crippen LogP contribution in [0.4, 0.5) is 24.8 Å². The van der Waals surface area contributed by atoms with Crippen LogP contribution in [0.1, 0.15) is 32.3 Å². The van der Waals surface area contributed by atoms with Crippen LogP contribution in [0.5, 0.6) is 5.88 Å². The van der Waals surface area contributed by atoms with Crippen LogP contribution in [0.3, 0.4) is 0 Å². The Morgan fingerprint density at radius 1 is 1.28 bits per heavy atom. The van der Waals surface area contributed by atoms with Gasteiger partial charge in [0, 0.05) is 22.0 Å². The first-order valence-electron chi connectivity index (χ1n) is 8.92. The summed E-state index contributed by atoms with van der Waals surface area (Å²) >= 11 is 0. The molecule has 11 heteroatoms. The number of ether oxygens (including phenoxy) is 1. The number of halogens is 3. The smallest absolute Gasteiger partial charge is 0.423 e. The van der Waals surface area contributed by atoms with E-state index in [1.54, 1.807) is 24.3 Å². The second kappa shape index (κ2) is 7.79. The minimum atomic E-state index is -4.72. The normalized spacial score (nSPS) is 18.6. The van der Waals surface area contributed by atoms with Crippen molar-refractivity contribution in [3.63, 3.8) is 0 Å². The predicted molar refractivity (Wildman–Crippen MR) is 101 cm³/mol. The van der Waals surface area contributed by atoms with Gasteiger partial charge in [-0.05, 0) is 51.0 Å². The lowest BCUT2D eigenvalue weighted by Crippen LogP contribution is -2.27. The fourth-order valence-electron chi connectivity index (χ4n) is 2.45. The van der Waals surface area contributed by atoms with E-state index >= 15 is 0 Å². The first kappa shape index (κ1) is 21.3. The Balaban J connectivity index is 1.83. The highest BCUT2D eigenvalue weighted by atomic mass is 32.2. The van der Waals surface area contributed by atoms with E-state index in [0.29, 0.717) is 16.8 Å². The van der Waals surface area contributed by atoms with Gasteiger partial charge in [0.05, 0.1) is 15.8 Å². The number of hydrogen-bond donors (Lipinski definition) is 3. The van der Waals surface area contributed by atoms with Gasteiger partial charge in [-0.25, -0.2) is 14.0 Å². The molecule has 1 fully saturated rings. The quantitative estimate of drug-likeness (QED) is 0.614. The lowest BCUT2D eigenvalue weighted by Gasteiger charge is -2.20. The minimum absolute atomic E-state index is 0.116. The molecular formula is C18H21F3N4O3S. The van der Waals surface area contributed by atoms with E-state index in [9.17, 15) is 22.5 Å². The number of rotatable bonds is 7. The molecule has 3 rings (SSSR count). The summed E-state index contributed by atoms with van der Waals surface area (Å²) in [6.07, 6.45) is -4.47. The molecule has 1 unspecified atom stereocenters. The molecule has 1 aliphatic rings. The van der Waals surface area contributed by atoms with Crippen molar-refractivity contribution in [1.29, 1.82) is 4.78 Å². The average Bonchev–Trinajstić information content (AvgIpc) is 3.47. The van der Waals surface area contributed by atoms with Crippen LogP contribution < -0.4 is 10.1 Å². The molecule has 0 bridgehead atoms. The summed E-state index contributed by atoms with van der Waals surface area (Å²) in [5.74, 6) is -0.824. The first-order chi connectivity index (χ1) is 13.5. The van der Waals surface area contributed by atoms with Crippen LogP contribution in [0.15, 0.2) is 35.4 Å². The van der Waals surface area contributed by atoms with Crippen LogP contribution in [-0.2, 0) is 15.9 Å². The number of aliphatic hydroxyl groups excluding tert-OH is 1. The highest BCUT2D eigenvalue weighted by molar-refractivity contribution is 7.93. The zero-order chi connectivity index (χ0) is 21.4. The van der Waals surface area contributed by atoms with Crippen molar-refractivity contribution in [2.24, 2.45) is 0 Å². The third-order valence-corrected chi connectivity index (χ3v) is 6.87. The Bertz CT molecular complexity index is 975. The van der Waals surface area contributed by atoms with Gasteiger partial charge in [0.1, 0.15) is 11.7 Å². The Morgan fingerprint density at radius 3 is 2.41 bits per heavy atom. The molecule has 29 heavy (non-hydrogen) atoms. The molecule has 2 aromatic rings. The lowest BCUT2D eigenvalue weighted by molar-refractivity contribution is -0.140. The Morgan fingerprint density at radius 2 is 1.90 bits per heavy atom. The van der Waals surface area contributed by atoms with Gasteiger partial charge in [-0.3, -0.25) is 0 Å². The monoisotopic (exact) mass is 430 g/mol. The van der Waals surface area contributed by atoms with Gasteiger partial charge < -0.3 is 15.2 Å². The predicted octanol–water partition coefficient (Wildman–Crippen LogP) is 3.96. The third-order valence-electron chi connectivity index (χ3n) is 4.49. The molecular weight excluding hydrogens is 409 g/mol. The van der Waals surface area contributed by atoms with Gasteiger partial charge in [0.25, 0.3) is 0 Å². The zero-order valence-corrected chi connectivity index (χ0v) is 16.5. The highest BCUT2D eigenvalue weighted by Gasteiger charge is 2.37. The molecule has 158 valence electrons. The second-order valence-corrected chi connectivity index (χ2v) is 9.26. The molecule has 0 spiro atoms. The average molecular weight is 430 g/mol. The van der Waals surface area contributed by atoms with Crippen molar-refractivity contribution in [2.45, 2.75) is 55.2 Å². The molecule has 0 radical (unpaired) electrons. The van der Waals surface area contributed by atoms with Crippen LogP contribution in [0.2, 0.25) is 0 Å². The zero-order valence-electron chi connectivity index (χ0n) is 15.7. The number of anilines is 2. The number of hydrogen-bond acceptors (Lipinski definition) is 7. The van der Waals surface area contributed by atoms with Crippen molar-refractivity contribution in [1.82, 2.24) is 9.97 Å². The van der Waals surface area contributed by atoms with E-state index in [-0.39, 0.29) is 11.2 Å². The SMILES string of the molecule is C[C@H](O)[C@H](C)Oc1nc(Nc2ccc(S(=N)(=O)C3CC3)cc2)ncc1C(F)(F)F. The minimum Gasteiger partial charge on any atom is -0.471 e. The van der Waals surface area contributed by atoms with Crippen molar-refractivity contribution >= 4 is 21.4 Å². The van der Waals surface area contributed by atoms with Crippen molar-refractivity contribution in [3.8, 4) is 5.88 Å².